The molecule has 0 saturated heterocycles. The minimum absolute atomic E-state index is 0.0724. The van der Waals surface area contributed by atoms with Crippen molar-refractivity contribution < 1.29 is 17.9 Å². The van der Waals surface area contributed by atoms with Gasteiger partial charge in [-0.15, -0.1) is 10.2 Å². The van der Waals surface area contributed by atoms with Crippen molar-refractivity contribution in [3.63, 3.8) is 0 Å². The van der Waals surface area contributed by atoms with E-state index in [1.807, 2.05) is 0 Å². The van der Waals surface area contributed by atoms with E-state index in [9.17, 15) is 13.2 Å². The van der Waals surface area contributed by atoms with Crippen molar-refractivity contribution in [1.29, 1.82) is 0 Å². The zero-order valence-corrected chi connectivity index (χ0v) is 12.9. The number of alkyl halides is 3. The minimum atomic E-state index is -4.65. The first-order valence-electron chi connectivity index (χ1n) is 7.34. The van der Waals surface area contributed by atoms with Gasteiger partial charge in [0, 0.05) is 10.9 Å². The third-order valence-corrected chi connectivity index (χ3v) is 3.85. The number of aromatic nitrogens is 4. The molecule has 2 aromatic carbocycles. The van der Waals surface area contributed by atoms with Gasteiger partial charge in [0.1, 0.15) is 5.75 Å². The lowest BCUT2D eigenvalue weighted by Crippen LogP contribution is -2.15. The molecule has 0 radical (unpaired) electrons. The van der Waals surface area contributed by atoms with Crippen LogP contribution in [0.2, 0.25) is 0 Å². The molecule has 0 N–H and O–H groups in total. The summed E-state index contributed by atoms with van der Waals surface area (Å²) >= 11 is 0. The van der Waals surface area contributed by atoms with Crippen LogP contribution < -0.4 is 4.74 Å². The van der Waals surface area contributed by atoms with Crippen LogP contribution >= 0.6 is 0 Å². The first-order chi connectivity index (χ1) is 12.0. The van der Waals surface area contributed by atoms with Gasteiger partial charge in [0.05, 0.1) is 12.6 Å². The molecule has 2 heterocycles. The fourth-order valence-corrected chi connectivity index (χ4v) is 2.70. The van der Waals surface area contributed by atoms with Crippen molar-refractivity contribution in [3.05, 3.63) is 54.4 Å². The Morgan fingerprint density at radius 1 is 0.960 bits per heavy atom. The zero-order valence-electron chi connectivity index (χ0n) is 12.9. The predicted octanol–water partition coefficient (Wildman–Crippen LogP) is 3.97. The maximum Gasteiger partial charge on any atom is 0.450 e. The van der Waals surface area contributed by atoms with Crippen LogP contribution in [0.1, 0.15) is 5.82 Å². The summed E-state index contributed by atoms with van der Waals surface area (Å²) in [6, 6.07) is 13.1. The van der Waals surface area contributed by atoms with Gasteiger partial charge in [-0.3, -0.25) is 4.40 Å². The van der Waals surface area contributed by atoms with E-state index in [1.165, 1.54) is 13.2 Å². The number of halogens is 3. The molecule has 0 fully saturated rings. The maximum atomic E-state index is 13.6. The second-order valence-electron chi connectivity index (χ2n) is 5.36. The molecule has 5 nitrogen and oxygen atoms in total. The predicted molar refractivity (Wildman–Crippen MR) is 85.3 cm³/mol. The standard InChI is InChI=1S/C17H11F3N4O/c1-25-11-8-6-10(7-9-11)14-22-23-15-12-4-2-3-5-13(12)21-16(24(14)15)17(18,19)20/h2-9H,1H3. The molecule has 0 saturated carbocycles. The normalized spacial score (nSPS) is 12.0. The number of hydrogen-bond donors (Lipinski definition) is 0. The Morgan fingerprint density at radius 3 is 2.36 bits per heavy atom. The van der Waals surface area contributed by atoms with Gasteiger partial charge in [0.2, 0.25) is 5.82 Å². The topological polar surface area (TPSA) is 52.3 Å². The molecule has 0 bridgehead atoms. The van der Waals surface area contributed by atoms with Crippen LogP contribution in [0, 0.1) is 0 Å². The number of para-hydroxylation sites is 1. The number of methoxy groups -OCH3 is 1. The van der Waals surface area contributed by atoms with Gasteiger partial charge in [0.25, 0.3) is 0 Å². The molecule has 0 atom stereocenters. The maximum absolute atomic E-state index is 13.6. The number of hydrogen-bond acceptors (Lipinski definition) is 4. The van der Waals surface area contributed by atoms with Crippen LogP contribution in [0.15, 0.2) is 48.5 Å². The van der Waals surface area contributed by atoms with E-state index in [-0.39, 0.29) is 17.0 Å². The molecular formula is C17H11F3N4O. The lowest BCUT2D eigenvalue weighted by molar-refractivity contribution is -0.145. The Bertz CT molecular complexity index is 1070. The monoisotopic (exact) mass is 344 g/mol. The van der Waals surface area contributed by atoms with Gasteiger partial charge in [-0.2, -0.15) is 13.2 Å². The first-order valence-corrected chi connectivity index (χ1v) is 7.34. The lowest BCUT2D eigenvalue weighted by atomic mass is 10.2. The quantitative estimate of drug-likeness (QED) is 0.552. The van der Waals surface area contributed by atoms with E-state index in [0.717, 1.165) is 4.40 Å². The highest BCUT2D eigenvalue weighted by Crippen LogP contribution is 2.33. The molecule has 0 spiro atoms. The van der Waals surface area contributed by atoms with Crippen LogP contribution in [0.25, 0.3) is 27.9 Å². The first kappa shape index (κ1) is 15.4. The second-order valence-corrected chi connectivity index (χ2v) is 5.36. The highest BCUT2D eigenvalue weighted by atomic mass is 19.4. The lowest BCUT2D eigenvalue weighted by Gasteiger charge is -2.12. The van der Waals surface area contributed by atoms with Gasteiger partial charge >= 0.3 is 6.18 Å². The molecular weight excluding hydrogens is 333 g/mol. The van der Waals surface area contributed by atoms with E-state index in [1.54, 1.807) is 42.5 Å². The molecule has 4 aromatic rings. The smallest absolute Gasteiger partial charge is 0.450 e. The summed E-state index contributed by atoms with van der Waals surface area (Å²) in [4.78, 5) is 3.80. The van der Waals surface area contributed by atoms with Crippen molar-refractivity contribution in [1.82, 2.24) is 19.6 Å². The van der Waals surface area contributed by atoms with Gasteiger partial charge in [-0.05, 0) is 36.4 Å². The third kappa shape index (κ3) is 2.46. The van der Waals surface area contributed by atoms with E-state index in [4.69, 9.17) is 4.74 Å². The molecule has 2 aromatic heterocycles. The number of fused-ring (bicyclic) bond motifs is 3. The van der Waals surface area contributed by atoms with Crippen LogP contribution in [0.5, 0.6) is 5.75 Å². The number of benzene rings is 2. The van der Waals surface area contributed by atoms with Crippen molar-refractivity contribution in [2.24, 2.45) is 0 Å². The second kappa shape index (κ2) is 5.44. The van der Waals surface area contributed by atoms with E-state index in [2.05, 4.69) is 15.2 Å². The molecule has 126 valence electrons. The summed E-state index contributed by atoms with van der Waals surface area (Å²) in [5, 5.41) is 8.46. The Morgan fingerprint density at radius 2 is 1.68 bits per heavy atom. The summed E-state index contributed by atoms with van der Waals surface area (Å²) in [7, 11) is 1.51. The molecule has 25 heavy (non-hydrogen) atoms. The molecule has 0 amide bonds. The third-order valence-electron chi connectivity index (χ3n) is 3.85. The molecule has 8 heteroatoms. The molecule has 0 aliphatic heterocycles. The number of ether oxygens (including phenoxy) is 1. The zero-order chi connectivity index (χ0) is 17.6. The molecule has 0 aliphatic carbocycles. The van der Waals surface area contributed by atoms with Crippen molar-refractivity contribution in [3.8, 4) is 17.1 Å². The highest BCUT2D eigenvalue weighted by Gasteiger charge is 2.37. The van der Waals surface area contributed by atoms with Crippen LogP contribution in [-0.4, -0.2) is 26.7 Å². The summed E-state index contributed by atoms with van der Waals surface area (Å²) in [6.45, 7) is 0. The van der Waals surface area contributed by atoms with E-state index < -0.39 is 12.0 Å². The SMILES string of the molecule is COc1ccc(-c2nnc3c4ccccc4nc(C(F)(F)F)n23)cc1. The summed E-state index contributed by atoms with van der Waals surface area (Å²) in [5.41, 5.74) is 0.815. The number of rotatable bonds is 2. The number of nitrogens with zero attached hydrogens (tertiary/aromatic N) is 4. The van der Waals surface area contributed by atoms with Gasteiger partial charge in [-0.1, -0.05) is 12.1 Å². The van der Waals surface area contributed by atoms with E-state index >= 15 is 0 Å². The van der Waals surface area contributed by atoms with Crippen molar-refractivity contribution in [2.45, 2.75) is 6.18 Å². The van der Waals surface area contributed by atoms with Crippen LogP contribution in [0.4, 0.5) is 13.2 Å². The average Bonchev–Trinajstić information content (AvgIpc) is 3.05. The molecule has 0 aliphatic rings. The van der Waals surface area contributed by atoms with Crippen molar-refractivity contribution >= 4 is 16.6 Å². The Hall–Kier alpha value is -3.16. The summed E-state index contributed by atoms with van der Waals surface area (Å²) in [6.07, 6.45) is -4.65. The Balaban J connectivity index is 2.07. The summed E-state index contributed by atoms with van der Waals surface area (Å²) < 4.78 is 46.8. The highest BCUT2D eigenvalue weighted by molar-refractivity contribution is 5.92. The Kier molecular flexibility index (Phi) is 3.34. The largest absolute Gasteiger partial charge is 0.497 e. The fourth-order valence-electron chi connectivity index (χ4n) is 2.70. The summed E-state index contributed by atoms with van der Waals surface area (Å²) in [5.74, 6) is -0.391. The van der Waals surface area contributed by atoms with Gasteiger partial charge in [-0.25, -0.2) is 4.98 Å². The van der Waals surface area contributed by atoms with E-state index in [0.29, 0.717) is 16.7 Å². The fraction of sp³-hybridized carbons (Fsp3) is 0.118. The Labute approximate surface area is 139 Å². The average molecular weight is 344 g/mol. The van der Waals surface area contributed by atoms with Crippen LogP contribution in [-0.2, 0) is 6.18 Å². The molecule has 0 unspecified atom stereocenters. The minimum Gasteiger partial charge on any atom is -0.497 e. The van der Waals surface area contributed by atoms with Gasteiger partial charge in [0.15, 0.2) is 11.5 Å². The molecule has 4 rings (SSSR count). The van der Waals surface area contributed by atoms with Gasteiger partial charge < -0.3 is 4.74 Å². The van der Waals surface area contributed by atoms with Crippen LogP contribution in [0.3, 0.4) is 0 Å². The van der Waals surface area contributed by atoms with Crippen molar-refractivity contribution in [2.75, 3.05) is 7.11 Å².